The Morgan fingerprint density at radius 3 is 2.20 bits per heavy atom. The van der Waals surface area contributed by atoms with Crippen molar-refractivity contribution >= 4 is 0 Å². The molecule has 1 aliphatic rings. The lowest BCUT2D eigenvalue weighted by atomic mass is 9.88. The van der Waals surface area contributed by atoms with Crippen molar-refractivity contribution in [2.45, 2.75) is 63.8 Å². The highest BCUT2D eigenvalue weighted by Crippen LogP contribution is 2.31. The van der Waals surface area contributed by atoms with E-state index in [0.29, 0.717) is 5.54 Å². The minimum absolute atomic E-state index is 0.325. The number of hydrogen-bond donors (Lipinski definition) is 1. The molecule has 0 radical (unpaired) electrons. The molecule has 0 aromatic rings. The summed E-state index contributed by atoms with van der Waals surface area (Å²) in [7, 11) is 2.27. The maximum absolute atomic E-state index is 6.04. The van der Waals surface area contributed by atoms with Crippen LogP contribution in [0.15, 0.2) is 0 Å². The SMILES string of the molecule is CCCCN(C)C1(CN)CCCCCC1. The van der Waals surface area contributed by atoms with Crippen molar-refractivity contribution in [3.63, 3.8) is 0 Å². The van der Waals surface area contributed by atoms with E-state index in [9.17, 15) is 0 Å². The van der Waals surface area contributed by atoms with Gasteiger partial charge in [-0.05, 0) is 32.9 Å². The van der Waals surface area contributed by atoms with E-state index in [0.717, 1.165) is 6.54 Å². The Balaban J connectivity index is 2.55. The molecule has 90 valence electrons. The summed E-state index contributed by atoms with van der Waals surface area (Å²) in [6, 6.07) is 0. The van der Waals surface area contributed by atoms with Crippen LogP contribution >= 0.6 is 0 Å². The zero-order chi connectivity index (χ0) is 11.1. The quantitative estimate of drug-likeness (QED) is 0.710. The molecule has 1 rings (SSSR count). The second kappa shape index (κ2) is 6.49. The van der Waals surface area contributed by atoms with Crippen molar-refractivity contribution in [1.82, 2.24) is 4.90 Å². The van der Waals surface area contributed by atoms with Gasteiger partial charge in [0, 0.05) is 12.1 Å². The lowest BCUT2D eigenvalue weighted by molar-refractivity contribution is 0.106. The van der Waals surface area contributed by atoms with E-state index in [-0.39, 0.29) is 0 Å². The monoisotopic (exact) mass is 212 g/mol. The Labute approximate surface area is 95.2 Å². The molecule has 1 aliphatic carbocycles. The Morgan fingerprint density at radius 1 is 1.13 bits per heavy atom. The molecule has 0 saturated heterocycles. The van der Waals surface area contributed by atoms with Crippen molar-refractivity contribution in [2.24, 2.45) is 5.73 Å². The van der Waals surface area contributed by atoms with E-state index in [2.05, 4.69) is 18.9 Å². The molecule has 0 spiro atoms. The Kier molecular flexibility index (Phi) is 5.62. The van der Waals surface area contributed by atoms with Crippen molar-refractivity contribution in [2.75, 3.05) is 20.1 Å². The predicted molar refractivity (Wildman–Crippen MR) is 67.0 cm³/mol. The van der Waals surface area contributed by atoms with Gasteiger partial charge in [-0.2, -0.15) is 0 Å². The molecule has 0 aliphatic heterocycles. The predicted octanol–water partition coefficient (Wildman–Crippen LogP) is 2.77. The summed E-state index contributed by atoms with van der Waals surface area (Å²) in [4.78, 5) is 2.54. The van der Waals surface area contributed by atoms with Gasteiger partial charge < -0.3 is 5.73 Å². The van der Waals surface area contributed by atoms with E-state index in [1.165, 1.54) is 57.9 Å². The minimum atomic E-state index is 0.325. The molecule has 0 aromatic heterocycles. The van der Waals surface area contributed by atoms with Gasteiger partial charge in [0.2, 0.25) is 0 Å². The van der Waals surface area contributed by atoms with Gasteiger partial charge in [-0.15, -0.1) is 0 Å². The van der Waals surface area contributed by atoms with Crippen LogP contribution in [0.4, 0.5) is 0 Å². The van der Waals surface area contributed by atoms with Gasteiger partial charge in [0.25, 0.3) is 0 Å². The molecule has 1 fully saturated rings. The minimum Gasteiger partial charge on any atom is -0.329 e. The van der Waals surface area contributed by atoms with Crippen LogP contribution in [0.5, 0.6) is 0 Å². The maximum atomic E-state index is 6.04. The highest BCUT2D eigenvalue weighted by Gasteiger charge is 2.32. The van der Waals surface area contributed by atoms with Crippen molar-refractivity contribution < 1.29 is 0 Å². The van der Waals surface area contributed by atoms with Crippen LogP contribution in [-0.4, -0.2) is 30.6 Å². The fraction of sp³-hybridized carbons (Fsp3) is 1.00. The van der Waals surface area contributed by atoms with E-state index in [1.807, 2.05) is 0 Å². The van der Waals surface area contributed by atoms with Gasteiger partial charge in [-0.3, -0.25) is 4.90 Å². The third kappa shape index (κ3) is 3.46. The largest absolute Gasteiger partial charge is 0.329 e. The number of nitrogens with zero attached hydrogens (tertiary/aromatic N) is 1. The molecular weight excluding hydrogens is 184 g/mol. The molecule has 15 heavy (non-hydrogen) atoms. The number of rotatable bonds is 5. The first-order valence-electron chi connectivity index (χ1n) is 6.66. The summed E-state index contributed by atoms with van der Waals surface area (Å²) in [6.07, 6.45) is 10.8. The summed E-state index contributed by atoms with van der Waals surface area (Å²) in [6.45, 7) is 4.32. The summed E-state index contributed by atoms with van der Waals surface area (Å²) in [5.74, 6) is 0. The van der Waals surface area contributed by atoms with Crippen LogP contribution in [0, 0.1) is 0 Å². The molecule has 2 heteroatoms. The van der Waals surface area contributed by atoms with Gasteiger partial charge in [-0.1, -0.05) is 39.0 Å². The highest BCUT2D eigenvalue weighted by molar-refractivity contribution is 4.91. The second-order valence-corrected chi connectivity index (χ2v) is 5.12. The Morgan fingerprint density at radius 2 is 1.73 bits per heavy atom. The van der Waals surface area contributed by atoms with Crippen LogP contribution < -0.4 is 5.73 Å². The van der Waals surface area contributed by atoms with E-state index in [4.69, 9.17) is 5.73 Å². The van der Waals surface area contributed by atoms with Gasteiger partial charge in [-0.25, -0.2) is 0 Å². The first-order chi connectivity index (χ1) is 7.25. The molecule has 2 nitrogen and oxygen atoms in total. The topological polar surface area (TPSA) is 29.3 Å². The molecule has 0 aromatic carbocycles. The van der Waals surface area contributed by atoms with Crippen LogP contribution in [0.3, 0.4) is 0 Å². The lowest BCUT2D eigenvalue weighted by Crippen LogP contribution is -2.52. The van der Waals surface area contributed by atoms with Gasteiger partial charge >= 0.3 is 0 Å². The summed E-state index contributed by atoms with van der Waals surface area (Å²) in [5.41, 5.74) is 6.36. The van der Waals surface area contributed by atoms with Crippen LogP contribution in [0.1, 0.15) is 58.3 Å². The number of nitrogens with two attached hydrogens (primary N) is 1. The number of unbranched alkanes of at least 4 members (excludes halogenated alkanes) is 1. The Bertz CT molecular complexity index is 160. The molecule has 0 bridgehead atoms. The van der Waals surface area contributed by atoms with Gasteiger partial charge in [0.15, 0.2) is 0 Å². The molecule has 0 heterocycles. The molecular formula is C13H28N2. The average Bonchev–Trinajstić information content (AvgIpc) is 2.52. The van der Waals surface area contributed by atoms with E-state index in [1.54, 1.807) is 0 Å². The normalized spacial score (nSPS) is 21.6. The summed E-state index contributed by atoms with van der Waals surface area (Å²) >= 11 is 0. The second-order valence-electron chi connectivity index (χ2n) is 5.12. The lowest BCUT2D eigenvalue weighted by Gasteiger charge is -2.41. The third-order valence-corrected chi connectivity index (χ3v) is 4.07. The van der Waals surface area contributed by atoms with Crippen LogP contribution in [0.2, 0.25) is 0 Å². The molecule has 0 unspecified atom stereocenters. The fourth-order valence-corrected chi connectivity index (χ4v) is 2.76. The zero-order valence-electron chi connectivity index (χ0n) is 10.6. The van der Waals surface area contributed by atoms with Gasteiger partial charge in [0.1, 0.15) is 0 Å². The van der Waals surface area contributed by atoms with E-state index >= 15 is 0 Å². The molecule has 2 N–H and O–H groups in total. The molecule has 0 amide bonds. The standard InChI is InChI=1S/C13H28N2/c1-3-4-11-15(2)13(12-14)9-7-5-6-8-10-13/h3-12,14H2,1-2H3. The van der Waals surface area contributed by atoms with Crippen molar-refractivity contribution in [1.29, 1.82) is 0 Å². The fourth-order valence-electron chi connectivity index (χ4n) is 2.76. The summed E-state index contributed by atoms with van der Waals surface area (Å²) in [5, 5.41) is 0. The maximum Gasteiger partial charge on any atom is 0.0328 e. The zero-order valence-corrected chi connectivity index (χ0v) is 10.6. The van der Waals surface area contributed by atoms with Crippen LogP contribution in [0.25, 0.3) is 0 Å². The first-order valence-corrected chi connectivity index (χ1v) is 6.66. The summed E-state index contributed by atoms with van der Waals surface area (Å²) < 4.78 is 0. The van der Waals surface area contributed by atoms with Crippen molar-refractivity contribution in [3.8, 4) is 0 Å². The average molecular weight is 212 g/mol. The van der Waals surface area contributed by atoms with Gasteiger partial charge in [0.05, 0.1) is 0 Å². The Hall–Kier alpha value is -0.0800. The number of likely N-dealkylation sites (N-methyl/N-ethyl adjacent to an activating group) is 1. The third-order valence-electron chi connectivity index (χ3n) is 4.07. The van der Waals surface area contributed by atoms with Crippen LogP contribution in [-0.2, 0) is 0 Å². The molecule has 1 saturated carbocycles. The molecule has 0 atom stereocenters. The van der Waals surface area contributed by atoms with E-state index < -0.39 is 0 Å². The number of hydrogen-bond acceptors (Lipinski definition) is 2. The van der Waals surface area contributed by atoms with Crippen molar-refractivity contribution in [3.05, 3.63) is 0 Å². The highest BCUT2D eigenvalue weighted by atomic mass is 15.2. The smallest absolute Gasteiger partial charge is 0.0328 e. The first kappa shape index (κ1) is 13.0.